The Hall–Kier alpha value is -2.73. The number of hydrogen-bond donors (Lipinski definition) is 2. The summed E-state index contributed by atoms with van der Waals surface area (Å²) in [4.78, 5) is 6.62. The summed E-state index contributed by atoms with van der Waals surface area (Å²) >= 11 is 0. The maximum Gasteiger partial charge on any atom is 0.191 e. The zero-order chi connectivity index (χ0) is 21.6. The van der Waals surface area contributed by atoms with Crippen LogP contribution < -0.4 is 20.1 Å². The Morgan fingerprint density at radius 3 is 2.30 bits per heavy atom. The zero-order valence-electron chi connectivity index (χ0n) is 18.7. The first kappa shape index (κ1) is 22.0. The minimum atomic E-state index is 0.160. The van der Waals surface area contributed by atoms with Crippen molar-refractivity contribution in [3.63, 3.8) is 0 Å². The SMILES string of the molecule is CN=C(NCC(c1ccc(OC)c(OC)c1)N(C)C)NCC1(c2ccccc2)CC1. The molecule has 1 unspecified atom stereocenters. The van der Waals surface area contributed by atoms with Gasteiger partial charge < -0.3 is 25.0 Å². The Morgan fingerprint density at radius 2 is 1.73 bits per heavy atom. The summed E-state index contributed by atoms with van der Waals surface area (Å²) in [5, 5.41) is 7.03. The largest absolute Gasteiger partial charge is 0.493 e. The van der Waals surface area contributed by atoms with Crippen LogP contribution in [0.25, 0.3) is 0 Å². The summed E-state index contributed by atoms with van der Waals surface area (Å²) in [7, 11) is 9.29. The number of hydrogen-bond acceptors (Lipinski definition) is 4. The van der Waals surface area contributed by atoms with Crippen LogP contribution >= 0.6 is 0 Å². The standard InChI is InChI=1S/C24H34N4O2/c1-25-23(27-17-24(13-14-24)19-9-7-6-8-10-19)26-16-20(28(2)3)18-11-12-21(29-4)22(15-18)30-5/h6-12,15,20H,13-14,16-17H2,1-5H3,(H2,25,26,27). The van der Waals surface area contributed by atoms with Crippen LogP contribution in [0.5, 0.6) is 11.5 Å². The molecule has 0 radical (unpaired) electrons. The summed E-state index contributed by atoms with van der Waals surface area (Å²) in [6.07, 6.45) is 2.43. The molecule has 2 aromatic carbocycles. The number of aliphatic imine (C=N–C) groups is 1. The maximum absolute atomic E-state index is 5.48. The minimum Gasteiger partial charge on any atom is -0.493 e. The van der Waals surface area contributed by atoms with Crippen molar-refractivity contribution < 1.29 is 9.47 Å². The summed E-state index contributed by atoms with van der Waals surface area (Å²) in [5.74, 6) is 2.30. The molecule has 1 fully saturated rings. The molecule has 1 aliphatic rings. The number of benzene rings is 2. The molecule has 0 spiro atoms. The second-order valence-electron chi connectivity index (χ2n) is 8.05. The lowest BCUT2D eigenvalue weighted by Crippen LogP contribution is -2.44. The first-order valence-corrected chi connectivity index (χ1v) is 10.4. The van der Waals surface area contributed by atoms with Gasteiger partial charge in [-0.05, 0) is 50.2 Å². The van der Waals surface area contributed by atoms with Crippen molar-refractivity contribution in [1.82, 2.24) is 15.5 Å². The molecule has 0 aromatic heterocycles. The third-order valence-electron chi connectivity index (χ3n) is 5.94. The Kier molecular flexibility index (Phi) is 7.21. The van der Waals surface area contributed by atoms with E-state index in [-0.39, 0.29) is 11.5 Å². The molecule has 1 saturated carbocycles. The van der Waals surface area contributed by atoms with Gasteiger partial charge in [0.25, 0.3) is 0 Å². The van der Waals surface area contributed by atoms with E-state index in [1.807, 2.05) is 19.2 Å². The van der Waals surface area contributed by atoms with Crippen molar-refractivity contribution in [2.75, 3.05) is 48.5 Å². The van der Waals surface area contributed by atoms with Crippen molar-refractivity contribution in [2.24, 2.45) is 4.99 Å². The molecule has 162 valence electrons. The van der Waals surface area contributed by atoms with Gasteiger partial charge in [0.2, 0.25) is 0 Å². The molecule has 1 aliphatic carbocycles. The van der Waals surface area contributed by atoms with E-state index in [1.54, 1.807) is 14.2 Å². The van der Waals surface area contributed by atoms with Gasteiger partial charge in [-0.1, -0.05) is 36.4 Å². The van der Waals surface area contributed by atoms with Gasteiger partial charge in [0, 0.05) is 25.6 Å². The van der Waals surface area contributed by atoms with E-state index < -0.39 is 0 Å². The lowest BCUT2D eigenvalue weighted by atomic mass is 9.96. The lowest BCUT2D eigenvalue weighted by Gasteiger charge is -2.27. The van der Waals surface area contributed by atoms with E-state index in [9.17, 15) is 0 Å². The highest BCUT2D eigenvalue weighted by Gasteiger charge is 2.44. The van der Waals surface area contributed by atoms with Crippen molar-refractivity contribution in [2.45, 2.75) is 24.3 Å². The second-order valence-corrected chi connectivity index (χ2v) is 8.05. The Labute approximate surface area is 180 Å². The molecule has 6 nitrogen and oxygen atoms in total. The van der Waals surface area contributed by atoms with Gasteiger partial charge in [0.1, 0.15) is 0 Å². The molecule has 1 atom stereocenters. The lowest BCUT2D eigenvalue weighted by molar-refractivity contribution is 0.295. The molecular weight excluding hydrogens is 376 g/mol. The van der Waals surface area contributed by atoms with Crippen molar-refractivity contribution >= 4 is 5.96 Å². The van der Waals surface area contributed by atoms with Gasteiger partial charge in [0.15, 0.2) is 17.5 Å². The summed E-state index contributed by atoms with van der Waals surface area (Å²) < 4.78 is 10.8. The molecule has 2 N–H and O–H groups in total. The number of nitrogens with one attached hydrogen (secondary N) is 2. The molecule has 3 rings (SSSR count). The van der Waals surface area contributed by atoms with Gasteiger partial charge in [-0.2, -0.15) is 0 Å². The minimum absolute atomic E-state index is 0.160. The topological polar surface area (TPSA) is 58.1 Å². The average Bonchev–Trinajstić information content (AvgIpc) is 3.57. The predicted molar refractivity (Wildman–Crippen MR) is 123 cm³/mol. The highest BCUT2D eigenvalue weighted by atomic mass is 16.5. The highest BCUT2D eigenvalue weighted by molar-refractivity contribution is 5.80. The van der Waals surface area contributed by atoms with Crippen LogP contribution in [0.15, 0.2) is 53.5 Å². The molecule has 0 bridgehead atoms. The van der Waals surface area contributed by atoms with Crippen LogP contribution in [0.1, 0.15) is 30.0 Å². The van der Waals surface area contributed by atoms with Crippen molar-refractivity contribution in [3.8, 4) is 11.5 Å². The fourth-order valence-corrected chi connectivity index (χ4v) is 3.84. The smallest absolute Gasteiger partial charge is 0.191 e. The summed E-state index contributed by atoms with van der Waals surface area (Å²) in [6, 6.07) is 17.0. The summed E-state index contributed by atoms with van der Waals surface area (Å²) in [5.41, 5.74) is 2.80. The van der Waals surface area contributed by atoms with E-state index in [0.29, 0.717) is 0 Å². The van der Waals surface area contributed by atoms with Gasteiger partial charge in [-0.3, -0.25) is 4.99 Å². The normalized spacial score (nSPS) is 16.1. The molecule has 0 aliphatic heterocycles. The van der Waals surface area contributed by atoms with E-state index in [2.05, 4.69) is 71.0 Å². The van der Waals surface area contributed by atoms with Crippen LogP contribution in [0.3, 0.4) is 0 Å². The Bertz CT molecular complexity index is 848. The number of likely N-dealkylation sites (N-methyl/N-ethyl adjacent to an activating group) is 1. The van der Waals surface area contributed by atoms with Gasteiger partial charge in [-0.25, -0.2) is 0 Å². The Balaban J connectivity index is 1.62. The Morgan fingerprint density at radius 1 is 1.03 bits per heavy atom. The molecule has 2 aromatic rings. The number of ether oxygens (including phenoxy) is 2. The number of guanidine groups is 1. The molecule has 0 heterocycles. The number of nitrogens with zero attached hydrogens (tertiary/aromatic N) is 2. The van der Waals surface area contributed by atoms with Gasteiger partial charge >= 0.3 is 0 Å². The van der Waals surface area contributed by atoms with Crippen LogP contribution in [-0.4, -0.2) is 59.3 Å². The maximum atomic E-state index is 5.48. The van der Waals surface area contributed by atoms with Crippen LogP contribution in [0.4, 0.5) is 0 Å². The first-order chi connectivity index (χ1) is 14.5. The molecule has 0 saturated heterocycles. The average molecular weight is 411 g/mol. The quantitative estimate of drug-likeness (QED) is 0.491. The molecule has 0 amide bonds. The monoisotopic (exact) mass is 410 g/mol. The predicted octanol–water partition coefficient (Wildman–Crippen LogP) is 3.20. The van der Waals surface area contributed by atoms with Crippen LogP contribution in [-0.2, 0) is 5.41 Å². The van der Waals surface area contributed by atoms with Gasteiger partial charge in [-0.15, -0.1) is 0 Å². The number of rotatable bonds is 9. The van der Waals surface area contributed by atoms with Crippen LogP contribution in [0.2, 0.25) is 0 Å². The van der Waals surface area contributed by atoms with E-state index in [1.165, 1.54) is 18.4 Å². The van der Waals surface area contributed by atoms with E-state index in [0.717, 1.165) is 36.1 Å². The molecule has 30 heavy (non-hydrogen) atoms. The van der Waals surface area contributed by atoms with E-state index in [4.69, 9.17) is 9.47 Å². The number of methoxy groups -OCH3 is 2. The third kappa shape index (κ3) is 5.05. The van der Waals surface area contributed by atoms with Gasteiger partial charge in [0.05, 0.1) is 20.3 Å². The van der Waals surface area contributed by atoms with E-state index >= 15 is 0 Å². The highest BCUT2D eigenvalue weighted by Crippen LogP contribution is 2.47. The second kappa shape index (κ2) is 9.85. The van der Waals surface area contributed by atoms with Crippen molar-refractivity contribution in [3.05, 3.63) is 59.7 Å². The molecule has 6 heteroatoms. The zero-order valence-corrected chi connectivity index (χ0v) is 18.7. The summed E-state index contributed by atoms with van der Waals surface area (Å²) in [6.45, 7) is 1.61. The fourth-order valence-electron chi connectivity index (χ4n) is 3.84. The fraction of sp³-hybridized carbons (Fsp3) is 0.458. The molecular formula is C24H34N4O2. The van der Waals surface area contributed by atoms with Crippen LogP contribution in [0, 0.1) is 0 Å². The third-order valence-corrected chi connectivity index (χ3v) is 5.94. The first-order valence-electron chi connectivity index (χ1n) is 10.4. The van der Waals surface area contributed by atoms with Crippen molar-refractivity contribution in [1.29, 1.82) is 0 Å².